The van der Waals surface area contributed by atoms with Gasteiger partial charge in [-0.1, -0.05) is 119 Å². The molecule has 0 nitrogen and oxygen atoms in total. The van der Waals surface area contributed by atoms with Gasteiger partial charge in [-0.05, 0) is 182 Å². The van der Waals surface area contributed by atoms with E-state index in [9.17, 15) is 0 Å². The predicted octanol–water partition coefficient (Wildman–Crippen LogP) is 14.3. The van der Waals surface area contributed by atoms with Crippen LogP contribution in [0.3, 0.4) is 0 Å². The highest BCUT2D eigenvalue weighted by Crippen LogP contribution is 2.76. The predicted molar refractivity (Wildman–Crippen MR) is 205 cm³/mol. The van der Waals surface area contributed by atoms with Gasteiger partial charge < -0.3 is 0 Å². The quantitative estimate of drug-likeness (QED) is 0.255. The highest BCUT2D eigenvalue weighted by Gasteiger charge is 2.69. The Labute approximate surface area is 300 Å². The molecule has 48 heavy (non-hydrogen) atoms. The van der Waals surface area contributed by atoms with E-state index in [4.69, 9.17) is 0 Å². The summed E-state index contributed by atoms with van der Waals surface area (Å²) in [5.41, 5.74) is 1.19. The third-order valence-electron chi connectivity index (χ3n) is 19.4. The van der Waals surface area contributed by atoms with Gasteiger partial charge >= 0.3 is 0 Å². The smallest absolute Gasteiger partial charge is 0.0230 e. The molecule has 0 saturated heterocycles. The topological polar surface area (TPSA) is 0 Å². The largest absolute Gasteiger partial charge is 0.0651 e. The summed E-state index contributed by atoms with van der Waals surface area (Å²) in [5.74, 6) is 18.2. The Kier molecular flexibility index (Phi) is 10.1. The molecule has 0 aliphatic heterocycles. The van der Waals surface area contributed by atoms with Gasteiger partial charge in [0.2, 0.25) is 0 Å². The third-order valence-corrected chi connectivity index (χ3v) is 19.4. The zero-order chi connectivity index (χ0) is 33.4. The average molecular weight is 659 g/mol. The molecule has 0 aromatic heterocycles. The zero-order valence-electron chi connectivity index (χ0n) is 33.4. The second-order valence-corrected chi connectivity index (χ2v) is 22.1. The fraction of sp³-hybridized carbons (Fsp3) is 1.00. The van der Waals surface area contributed by atoms with Crippen LogP contribution in [0.2, 0.25) is 0 Å². The van der Waals surface area contributed by atoms with Crippen LogP contribution in [-0.2, 0) is 0 Å². The minimum absolute atomic E-state index is 0.489. The van der Waals surface area contributed by atoms with Crippen LogP contribution in [0, 0.1) is 111 Å². The lowest BCUT2D eigenvalue weighted by atomic mass is 9.49. The minimum Gasteiger partial charge on any atom is -0.0651 e. The van der Waals surface area contributed by atoms with Crippen LogP contribution >= 0.6 is 0 Å². The molecule has 0 bridgehead atoms. The van der Waals surface area contributed by atoms with E-state index >= 15 is 0 Å². The van der Waals surface area contributed by atoms with Crippen LogP contribution in [0.1, 0.15) is 190 Å². The lowest BCUT2D eigenvalue weighted by Crippen LogP contribution is -2.48. The van der Waals surface area contributed by atoms with E-state index in [1.54, 1.807) is 109 Å². The molecule has 8 aliphatic carbocycles. The number of rotatable bonds is 7. The van der Waals surface area contributed by atoms with Gasteiger partial charge in [0.25, 0.3) is 0 Å². The average Bonchev–Trinajstić information content (AvgIpc) is 3.57. The molecular formula is C48H82. The normalized spacial score (nSPS) is 50.1. The van der Waals surface area contributed by atoms with Crippen LogP contribution in [0.25, 0.3) is 0 Å². The Morgan fingerprint density at radius 3 is 1.69 bits per heavy atom. The van der Waals surface area contributed by atoms with Gasteiger partial charge in [0.05, 0.1) is 0 Å². The maximum absolute atomic E-state index is 2.59. The van der Waals surface area contributed by atoms with E-state index < -0.39 is 0 Å². The molecule has 0 heterocycles. The van der Waals surface area contributed by atoms with Crippen LogP contribution in [0.4, 0.5) is 0 Å². The van der Waals surface area contributed by atoms with Crippen molar-refractivity contribution in [1.82, 2.24) is 0 Å². The van der Waals surface area contributed by atoms with Crippen molar-refractivity contribution in [1.29, 1.82) is 0 Å². The number of hydrogen-bond acceptors (Lipinski definition) is 0. The molecule has 0 amide bonds. The van der Waals surface area contributed by atoms with Crippen LogP contribution in [-0.4, -0.2) is 0 Å². The summed E-state index contributed by atoms with van der Waals surface area (Å²) in [5, 5.41) is 0. The molecule has 0 aromatic carbocycles. The second kappa shape index (κ2) is 13.8. The Bertz CT molecular complexity index is 1050. The van der Waals surface area contributed by atoms with Crippen molar-refractivity contribution < 1.29 is 0 Å². The zero-order valence-corrected chi connectivity index (χ0v) is 33.4. The lowest BCUT2D eigenvalue weighted by Gasteiger charge is -2.56. The maximum Gasteiger partial charge on any atom is -0.0230 e. The van der Waals surface area contributed by atoms with Gasteiger partial charge in [0.15, 0.2) is 0 Å². The molecule has 1 spiro atoms. The SMILES string of the molecule is CCC(CC)C1CC(C(CC)CC)CC2(C1)C1CC3CCCCC3CC1C1C3C(CCC12)CC1C(CC(C)(C)C)C2CCCCC2CC13. The first kappa shape index (κ1) is 35.1. The maximum atomic E-state index is 2.59. The molecule has 8 fully saturated rings. The lowest BCUT2D eigenvalue weighted by molar-refractivity contribution is -0.0645. The summed E-state index contributed by atoms with van der Waals surface area (Å²) in [7, 11) is 0. The van der Waals surface area contributed by atoms with E-state index in [0.29, 0.717) is 10.8 Å². The standard InChI is InChI=1S/C48H82/c1-8-30(9-2)36-22-37(31(10-3)11-4)28-48(27-36)43-21-20-35-25-39-40(24-34-18-14-15-19-38(34)42(39)29-47(5,6)7)45(35)46(43)41-23-32-16-12-13-17-33(32)26-44(41)48/h30-46H,8-29H2,1-7H3. The molecule has 274 valence electrons. The monoisotopic (exact) mass is 659 g/mol. The Morgan fingerprint density at radius 1 is 0.500 bits per heavy atom. The van der Waals surface area contributed by atoms with Crippen molar-refractivity contribution in [3.05, 3.63) is 0 Å². The molecule has 0 N–H and O–H groups in total. The molecule has 8 saturated carbocycles. The Balaban J connectivity index is 1.19. The van der Waals surface area contributed by atoms with Gasteiger partial charge in [-0.3, -0.25) is 0 Å². The second-order valence-electron chi connectivity index (χ2n) is 22.1. The van der Waals surface area contributed by atoms with Crippen molar-refractivity contribution in [3.63, 3.8) is 0 Å². The molecule has 0 radical (unpaired) electrons. The van der Waals surface area contributed by atoms with Crippen molar-refractivity contribution in [3.8, 4) is 0 Å². The van der Waals surface area contributed by atoms with Gasteiger partial charge in [0.1, 0.15) is 0 Å². The first-order chi connectivity index (χ1) is 23.2. The van der Waals surface area contributed by atoms with Crippen molar-refractivity contribution in [2.45, 2.75) is 190 Å². The number of hydrogen-bond donors (Lipinski definition) is 0. The highest BCUT2D eigenvalue weighted by molar-refractivity contribution is 5.17. The van der Waals surface area contributed by atoms with Crippen molar-refractivity contribution in [2.24, 2.45) is 111 Å². The first-order valence-corrected chi connectivity index (χ1v) is 23.2. The van der Waals surface area contributed by atoms with Crippen LogP contribution < -0.4 is 0 Å². The summed E-state index contributed by atoms with van der Waals surface area (Å²) in [6.45, 7) is 18.0. The van der Waals surface area contributed by atoms with Gasteiger partial charge in [-0.15, -0.1) is 0 Å². The molecule has 15 unspecified atom stereocenters. The van der Waals surface area contributed by atoms with Crippen LogP contribution in [0.5, 0.6) is 0 Å². The van der Waals surface area contributed by atoms with E-state index in [1.165, 1.54) is 32.1 Å². The summed E-state index contributed by atoms with van der Waals surface area (Å²) >= 11 is 0. The first-order valence-electron chi connectivity index (χ1n) is 23.2. The Morgan fingerprint density at radius 2 is 1.06 bits per heavy atom. The molecule has 15 atom stereocenters. The minimum atomic E-state index is 0.489. The molecule has 0 aromatic rings. The number of fused-ring (bicyclic) bond motifs is 11. The summed E-state index contributed by atoms with van der Waals surface area (Å²) in [4.78, 5) is 0. The van der Waals surface area contributed by atoms with E-state index in [2.05, 4.69) is 48.5 Å². The highest BCUT2D eigenvalue weighted by atomic mass is 14.7. The fourth-order valence-corrected chi connectivity index (χ4v) is 18.1. The van der Waals surface area contributed by atoms with Crippen molar-refractivity contribution in [2.75, 3.05) is 0 Å². The fourth-order valence-electron chi connectivity index (χ4n) is 18.1. The van der Waals surface area contributed by atoms with E-state index in [-0.39, 0.29) is 0 Å². The molecular weight excluding hydrogens is 577 g/mol. The summed E-state index contributed by atoms with van der Waals surface area (Å²) < 4.78 is 0. The van der Waals surface area contributed by atoms with Gasteiger partial charge in [0, 0.05) is 0 Å². The summed E-state index contributed by atoms with van der Waals surface area (Å²) in [6.07, 6.45) is 34.7. The van der Waals surface area contributed by atoms with E-state index in [1.807, 2.05) is 0 Å². The van der Waals surface area contributed by atoms with Gasteiger partial charge in [-0.25, -0.2) is 0 Å². The summed E-state index contributed by atoms with van der Waals surface area (Å²) in [6, 6.07) is 0. The Hall–Kier alpha value is 0. The third kappa shape index (κ3) is 5.87. The van der Waals surface area contributed by atoms with Gasteiger partial charge in [-0.2, -0.15) is 0 Å². The molecule has 8 rings (SSSR count). The molecule has 8 aliphatic rings. The van der Waals surface area contributed by atoms with Crippen molar-refractivity contribution >= 4 is 0 Å². The molecule has 0 heteroatoms. The van der Waals surface area contributed by atoms with E-state index in [0.717, 1.165) is 101 Å². The van der Waals surface area contributed by atoms with Crippen LogP contribution in [0.15, 0.2) is 0 Å².